The second kappa shape index (κ2) is 3.70. The number of pyridine rings is 1. The molecule has 0 spiro atoms. The van der Waals surface area contributed by atoms with E-state index in [1.165, 1.54) is 35.8 Å². The molecule has 3 heteroatoms. The molecule has 1 N–H and O–H groups in total. The predicted molar refractivity (Wildman–Crippen MR) is 72.5 cm³/mol. The highest BCUT2D eigenvalue weighted by Gasteiger charge is 2.41. The molecule has 0 saturated heterocycles. The molecular formula is C14H16N2S. The maximum atomic E-state index is 4.53. The van der Waals surface area contributed by atoms with Crippen LogP contribution in [0.5, 0.6) is 0 Å². The highest BCUT2D eigenvalue weighted by atomic mass is 32.1. The number of nitrogens with one attached hydrogen (secondary N) is 1. The lowest BCUT2D eigenvalue weighted by Crippen LogP contribution is -2.24. The first-order chi connectivity index (χ1) is 8.42. The van der Waals surface area contributed by atoms with E-state index in [9.17, 15) is 0 Å². The Bertz CT molecular complexity index is 528. The van der Waals surface area contributed by atoms with Gasteiger partial charge >= 0.3 is 0 Å². The molecule has 0 aliphatic heterocycles. The van der Waals surface area contributed by atoms with Gasteiger partial charge in [0, 0.05) is 22.3 Å². The first-order valence-electron chi connectivity index (χ1n) is 6.50. The van der Waals surface area contributed by atoms with Crippen molar-refractivity contribution in [3.05, 3.63) is 23.7 Å². The molecule has 2 aromatic rings. The van der Waals surface area contributed by atoms with Crippen LogP contribution in [0.1, 0.15) is 25.7 Å². The fraction of sp³-hybridized carbons (Fsp3) is 0.500. The van der Waals surface area contributed by atoms with Gasteiger partial charge in [0.15, 0.2) is 0 Å². The molecule has 0 unspecified atom stereocenters. The molecule has 88 valence electrons. The third-order valence-electron chi connectivity index (χ3n) is 3.94. The van der Waals surface area contributed by atoms with E-state index >= 15 is 0 Å². The maximum absolute atomic E-state index is 4.53. The molecule has 2 heterocycles. The molecule has 0 amide bonds. The molecular weight excluding hydrogens is 228 g/mol. The van der Waals surface area contributed by atoms with Gasteiger partial charge in [-0.05, 0) is 55.0 Å². The van der Waals surface area contributed by atoms with E-state index < -0.39 is 0 Å². The first kappa shape index (κ1) is 9.89. The predicted octanol–water partition coefficient (Wildman–Crippen LogP) is 3.90. The minimum absolute atomic E-state index is 0.688. The Morgan fingerprint density at radius 3 is 2.65 bits per heavy atom. The highest BCUT2D eigenvalue weighted by Crippen LogP contribution is 2.46. The van der Waals surface area contributed by atoms with E-state index in [-0.39, 0.29) is 0 Å². The number of rotatable bonds is 4. The van der Waals surface area contributed by atoms with Crippen molar-refractivity contribution in [1.82, 2.24) is 4.98 Å². The van der Waals surface area contributed by atoms with Gasteiger partial charge in [-0.1, -0.05) is 0 Å². The third-order valence-corrected chi connectivity index (χ3v) is 4.83. The van der Waals surface area contributed by atoms with Crippen molar-refractivity contribution in [2.24, 2.45) is 11.8 Å². The number of hydrogen-bond acceptors (Lipinski definition) is 3. The Labute approximate surface area is 105 Å². The van der Waals surface area contributed by atoms with Gasteiger partial charge in [0.1, 0.15) is 5.82 Å². The van der Waals surface area contributed by atoms with E-state index in [4.69, 9.17) is 0 Å². The topological polar surface area (TPSA) is 24.9 Å². The van der Waals surface area contributed by atoms with Gasteiger partial charge in [-0.3, -0.25) is 0 Å². The van der Waals surface area contributed by atoms with E-state index in [1.54, 1.807) is 11.3 Å². The largest absolute Gasteiger partial charge is 0.366 e. The van der Waals surface area contributed by atoms with Crippen LogP contribution < -0.4 is 5.32 Å². The van der Waals surface area contributed by atoms with Gasteiger partial charge in [0.2, 0.25) is 0 Å². The second-order valence-corrected chi connectivity index (χ2v) is 6.28. The van der Waals surface area contributed by atoms with E-state index in [0.717, 1.165) is 17.7 Å². The average molecular weight is 244 g/mol. The summed E-state index contributed by atoms with van der Waals surface area (Å²) in [4.78, 5) is 4.53. The third kappa shape index (κ3) is 1.82. The summed E-state index contributed by atoms with van der Waals surface area (Å²) >= 11 is 1.80. The number of aromatic nitrogens is 1. The Morgan fingerprint density at radius 2 is 1.94 bits per heavy atom. The van der Waals surface area contributed by atoms with Crippen molar-refractivity contribution >= 4 is 27.2 Å². The average Bonchev–Trinajstić information content (AvgIpc) is 3.25. The van der Waals surface area contributed by atoms with Gasteiger partial charge in [0.25, 0.3) is 0 Å². The first-order valence-corrected chi connectivity index (χ1v) is 7.38. The number of thiophene rings is 1. The van der Waals surface area contributed by atoms with Crippen molar-refractivity contribution < 1.29 is 0 Å². The molecule has 17 heavy (non-hydrogen) atoms. The van der Waals surface area contributed by atoms with E-state index in [2.05, 4.69) is 27.8 Å². The molecule has 0 atom stereocenters. The number of fused-ring (bicyclic) bond motifs is 1. The van der Waals surface area contributed by atoms with Crippen LogP contribution in [0.15, 0.2) is 23.7 Å². The number of anilines is 1. The molecule has 2 aromatic heterocycles. The summed E-state index contributed by atoms with van der Waals surface area (Å²) in [6.07, 6.45) is 7.57. The number of nitrogens with zero attached hydrogens (tertiary/aromatic N) is 1. The van der Waals surface area contributed by atoms with Crippen LogP contribution in [0.2, 0.25) is 0 Å². The molecule has 4 rings (SSSR count). The lowest BCUT2D eigenvalue weighted by molar-refractivity contribution is 0.566. The van der Waals surface area contributed by atoms with E-state index in [1.807, 2.05) is 6.20 Å². The molecule has 0 bridgehead atoms. The lowest BCUT2D eigenvalue weighted by atomic mass is 10.1. The quantitative estimate of drug-likeness (QED) is 0.882. The van der Waals surface area contributed by atoms with Crippen molar-refractivity contribution in [1.29, 1.82) is 0 Å². The molecule has 0 aromatic carbocycles. The lowest BCUT2D eigenvalue weighted by Gasteiger charge is -2.18. The van der Waals surface area contributed by atoms with Crippen molar-refractivity contribution in [3.8, 4) is 0 Å². The zero-order valence-corrected chi connectivity index (χ0v) is 10.5. The van der Waals surface area contributed by atoms with Crippen LogP contribution in [0.4, 0.5) is 5.82 Å². The maximum Gasteiger partial charge on any atom is 0.134 e. The Kier molecular flexibility index (Phi) is 2.15. The summed E-state index contributed by atoms with van der Waals surface area (Å²) in [7, 11) is 0. The molecule has 2 fully saturated rings. The smallest absolute Gasteiger partial charge is 0.134 e. The Morgan fingerprint density at radius 1 is 1.18 bits per heavy atom. The highest BCUT2D eigenvalue weighted by molar-refractivity contribution is 7.17. The zero-order valence-electron chi connectivity index (χ0n) is 9.73. The Balaban J connectivity index is 1.66. The van der Waals surface area contributed by atoms with Crippen LogP contribution in [0.3, 0.4) is 0 Å². The van der Waals surface area contributed by atoms with E-state index in [0.29, 0.717) is 6.04 Å². The number of hydrogen-bond donors (Lipinski definition) is 1. The summed E-state index contributed by atoms with van der Waals surface area (Å²) in [6.45, 7) is 0. The summed E-state index contributed by atoms with van der Waals surface area (Å²) in [5.74, 6) is 2.93. The van der Waals surface area contributed by atoms with Crippen LogP contribution in [-0.2, 0) is 0 Å². The molecule has 2 nitrogen and oxygen atoms in total. The SMILES string of the molecule is c1cc2sccc2c(NC(C2CC2)C2CC2)n1. The summed E-state index contributed by atoms with van der Waals surface area (Å²) in [6, 6.07) is 4.98. The molecule has 0 radical (unpaired) electrons. The molecule has 2 aliphatic carbocycles. The summed E-state index contributed by atoms with van der Waals surface area (Å²) in [5, 5.41) is 7.18. The summed E-state index contributed by atoms with van der Waals surface area (Å²) < 4.78 is 1.34. The Hall–Kier alpha value is -1.09. The second-order valence-electron chi connectivity index (χ2n) is 5.34. The van der Waals surface area contributed by atoms with Crippen LogP contribution in [0.25, 0.3) is 10.1 Å². The fourth-order valence-corrected chi connectivity index (χ4v) is 3.48. The normalized spacial score (nSPS) is 20.1. The van der Waals surface area contributed by atoms with Crippen LogP contribution in [-0.4, -0.2) is 11.0 Å². The monoisotopic (exact) mass is 244 g/mol. The molecule has 2 aliphatic rings. The van der Waals surface area contributed by atoms with Crippen molar-refractivity contribution in [3.63, 3.8) is 0 Å². The van der Waals surface area contributed by atoms with Gasteiger partial charge in [-0.25, -0.2) is 4.98 Å². The molecule has 2 saturated carbocycles. The van der Waals surface area contributed by atoms with Gasteiger partial charge in [-0.2, -0.15) is 0 Å². The minimum atomic E-state index is 0.688. The minimum Gasteiger partial charge on any atom is -0.366 e. The van der Waals surface area contributed by atoms with Gasteiger partial charge in [-0.15, -0.1) is 11.3 Å². The van der Waals surface area contributed by atoms with Gasteiger partial charge in [0.05, 0.1) is 0 Å². The standard InChI is InChI=1S/C14H16N2S/c1-2-9(1)13(10-3-4-10)16-14-11-6-8-17-12(11)5-7-15-14/h5-10,13H,1-4H2,(H,15,16). The fourth-order valence-electron chi connectivity index (χ4n) is 2.70. The van der Waals surface area contributed by atoms with Crippen molar-refractivity contribution in [2.75, 3.05) is 5.32 Å². The van der Waals surface area contributed by atoms with Crippen LogP contribution in [0, 0.1) is 11.8 Å². The van der Waals surface area contributed by atoms with Gasteiger partial charge < -0.3 is 5.32 Å². The summed E-state index contributed by atoms with van der Waals surface area (Å²) in [5.41, 5.74) is 0. The van der Waals surface area contributed by atoms with Crippen molar-refractivity contribution in [2.45, 2.75) is 31.7 Å². The zero-order chi connectivity index (χ0) is 11.2. The van der Waals surface area contributed by atoms with Crippen LogP contribution >= 0.6 is 11.3 Å².